The van der Waals surface area contributed by atoms with Crippen molar-refractivity contribution in [1.82, 2.24) is 15.1 Å². The molecular formula is C22H24BrN3O3. The second kappa shape index (κ2) is 10.2. The standard InChI is InChI=1S/C16H18BrN3O3.C6H6/c1-10(12-3-5-13(17)6-4-12)20-8-7-14(23-16(20)21)9-15-19-18-11(2)22-15;1-2-4-6-5-3-1/h3-6,10,14H,7-9H2,1-2H3;1-6H. The maximum atomic E-state index is 12.3. The number of hydrogen-bond acceptors (Lipinski definition) is 5. The number of amides is 1. The highest BCUT2D eigenvalue weighted by atomic mass is 79.9. The van der Waals surface area contributed by atoms with Gasteiger partial charge in [0.2, 0.25) is 11.8 Å². The summed E-state index contributed by atoms with van der Waals surface area (Å²) >= 11 is 3.42. The summed E-state index contributed by atoms with van der Waals surface area (Å²) in [5.41, 5.74) is 1.08. The Balaban J connectivity index is 0.000000343. The number of carbonyl (C=O) groups excluding carboxylic acids is 1. The van der Waals surface area contributed by atoms with Gasteiger partial charge in [-0.2, -0.15) is 0 Å². The Hall–Kier alpha value is -2.67. The van der Waals surface area contributed by atoms with Gasteiger partial charge in [0.15, 0.2) is 0 Å². The number of benzene rings is 2. The predicted octanol–water partition coefficient (Wildman–Crippen LogP) is 5.34. The van der Waals surface area contributed by atoms with Gasteiger partial charge in [-0.15, -0.1) is 10.2 Å². The molecule has 0 bridgehead atoms. The molecule has 1 amide bonds. The summed E-state index contributed by atoms with van der Waals surface area (Å²) < 4.78 is 11.9. The Bertz CT molecular complexity index is 872. The third-order valence-corrected chi connectivity index (χ3v) is 5.18. The van der Waals surface area contributed by atoms with Gasteiger partial charge in [-0.05, 0) is 24.6 Å². The van der Waals surface area contributed by atoms with Crippen LogP contribution in [0.2, 0.25) is 0 Å². The zero-order valence-corrected chi connectivity index (χ0v) is 18.1. The van der Waals surface area contributed by atoms with Gasteiger partial charge in [0.05, 0.1) is 12.5 Å². The Morgan fingerprint density at radius 1 is 1.10 bits per heavy atom. The molecule has 4 rings (SSSR count). The van der Waals surface area contributed by atoms with E-state index in [-0.39, 0.29) is 18.2 Å². The van der Waals surface area contributed by atoms with Gasteiger partial charge in [-0.3, -0.25) is 0 Å². The highest BCUT2D eigenvalue weighted by Crippen LogP contribution is 2.27. The molecule has 1 aromatic heterocycles. The van der Waals surface area contributed by atoms with E-state index in [0.29, 0.717) is 24.7 Å². The molecule has 0 N–H and O–H groups in total. The quantitative estimate of drug-likeness (QED) is 0.528. The first-order chi connectivity index (χ1) is 14.0. The van der Waals surface area contributed by atoms with E-state index in [1.807, 2.05) is 67.6 Å². The van der Waals surface area contributed by atoms with E-state index >= 15 is 0 Å². The molecule has 3 aromatic rings. The first-order valence-corrected chi connectivity index (χ1v) is 10.3. The number of ether oxygens (including phenoxy) is 1. The topological polar surface area (TPSA) is 68.5 Å². The third-order valence-electron chi connectivity index (χ3n) is 4.65. The molecule has 1 aliphatic rings. The van der Waals surface area contributed by atoms with Gasteiger partial charge < -0.3 is 14.1 Å². The van der Waals surface area contributed by atoms with Crippen molar-refractivity contribution in [1.29, 1.82) is 0 Å². The van der Waals surface area contributed by atoms with Crippen LogP contribution in [0.25, 0.3) is 0 Å². The number of aryl methyl sites for hydroxylation is 1. The Labute approximate surface area is 179 Å². The molecule has 2 atom stereocenters. The van der Waals surface area contributed by atoms with Crippen LogP contribution >= 0.6 is 15.9 Å². The summed E-state index contributed by atoms with van der Waals surface area (Å²) in [6, 6.07) is 19.9. The van der Waals surface area contributed by atoms with E-state index in [2.05, 4.69) is 26.1 Å². The number of hydrogen-bond donors (Lipinski definition) is 0. The van der Waals surface area contributed by atoms with Crippen molar-refractivity contribution in [3.8, 4) is 0 Å². The molecule has 1 fully saturated rings. The van der Waals surface area contributed by atoms with Gasteiger partial charge in [0.1, 0.15) is 6.10 Å². The molecule has 0 saturated carbocycles. The lowest BCUT2D eigenvalue weighted by molar-refractivity contribution is 0.0112. The fourth-order valence-corrected chi connectivity index (χ4v) is 3.32. The molecular weight excluding hydrogens is 434 g/mol. The van der Waals surface area contributed by atoms with Crippen molar-refractivity contribution in [2.75, 3.05) is 6.54 Å². The van der Waals surface area contributed by atoms with Crippen molar-refractivity contribution in [2.45, 2.75) is 38.8 Å². The summed E-state index contributed by atoms with van der Waals surface area (Å²) in [6.45, 7) is 4.39. The summed E-state index contributed by atoms with van der Waals surface area (Å²) in [6.07, 6.45) is 0.699. The van der Waals surface area contributed by atoms with E-state index in [1.54, 1.807) is 11.8 Å². The SMILES string of the molecule is Cc1nnc(CC2CCN(C(C)c3ccc(Br)cc3)C(=O)O2)o1.c1ccccc1. The lowest BCUT2D eigenvalue weighted by Crippen LogP contribution is -2.43. The molecule has 1 saturated heterocycles. The van der Waals surface area contributed by atoms with Crippen LogP contribution in [0.4, 0.5) is 4.79 Å². The fraction of sp³-hybridized carbons (Fsp3) is 0.318. The van der Waals surface area contributed by atoms with Crippen molar-refractivity contribution >= 4 is 22.0 Å². The zero-order valence-electron chi connectivity index (χ0n) is 16.5. The molecule has 29 heavy (non-hydrogen) atoms. The zero-order chi connectivity index (χ0) is 20.6. The van der Waals surface area contributed by atoms with Crippen LogP contribution in [-0.2, 0) is 11.2 Å². The lowest BCUT2D eigenvalue weighted by Gasteiger charge is -2.35. The van der Waals surface area contributed by atoms with Crippen LogP contribution in [0.15, 0.2) is 69.6 Å². The summed E-state index contributed by atoms with van der Waals surface area (Å²) in [7, 11) is 0. The van der Waals surface area contributed by atoms with Gasteiger partial charge in [-0.1, -0.05) is 64.5 Å². The van der Waals surface area contributed by atoms with Crippen molar-refractivity contribution in [3.63, 3.8) is 0 Å². The van der Waals surface area contributed by atoms with Crippen LogP contribution < -0.4 is 0 Å². The van der Waals surface area contributed by atoms with Gasteiger partial charge >= 0.3 is 6.09 Å². The van der Waals surface area contributed by atoms with Gasteiger partial charge in [0.25, 0.3) is 0 Å². The van der Waals surface area contributed by atoms with Crippen LogP contribution in [0.1, 0.15) is 36.7 Å². The van der Waals surface area contributed by atoms with Crippen molar-refractivity contribution < 1.29 is 13.9 Å². The average molecular weight is 458 g/mol. The predicted molar refractivity (Wildman–Crippen MR) is 113 cm³/mol. The highest BCUT2D eigenvalue weighted by molar-refractivity contribution is 9.10. The first-order valence-electron chi connectivity index (χ1n) is 9.54. The number of rotatable bonds is 4. The van der Waals surface area contributed by atoms with Gasteiger partial charge in [-0.25, -0.2) is 4.79 Å². The normalized spacial score (nSPS) is 17.1. The molecule has 2 unspecified atom stereocenters. The second-order valence-corrected chi connectivity index (χ2v) is 7.70. The van der Waals surface area contributed by atoms with Crippen LogP contribution in [0.5, 0.6) is 0 Å². The Morgan fingerprint density at radius 3 is 2.24 bits per heavy atom. The minimum absolute atomic E-state index is 0.0257. The fourth-order valence-electron chi connectivity index (χ4n) is 3.06. The molecule has 7 heteroatoms. The molecule has 152 valence electrons. The van der Waals surface area contributed by atoms with E-state index in [1.165, 1.54) is 0 Å². The second-order valence-electron chi connectivity index (χ2n) is 6.79. The monoisotopic (exact) mass is 457 g/mol. The summed E-state index contributed by atoms with van der Waals surface area (Å²) in [5, 5.41) is 7.74. The largest absolute Gasteiger partial charge is 0.445 e. The molecule has 2 heterocycles. The molecule has 0 aliphatic carbocycles. The smallest absolute Gasteiger partial charge is 0.410 e. The number of nitrogens with zero attached hydrogens (tertiary/aromatic N) is 3. The average Bonchev–Trinajstić information content (AvgIpc) is 3.14. The first kappa shape index (κ1) is 21.0. The number of halogens is 1. The van der Waals surface area contributed by atoms with Crippen LogP contribution in [0, 0.1) is 6.92 Å². The molecule has 1 aliphatic heterocycles. The number of carbonyl (C=O) groups is 1. The van der Waals surface area contributed by atoms with E-state index in [9.17, 15) is 4.79 Å². The minimum Gasteiger partial charge on any atom is -0.445 e. The van der Waals surface area contributed by atoms with E-state index in [4.69, 9.17) is 9.15 Å². The Morgan fingerprint density at radius 2 is 1.72 bits per heavy atom. The number of cyclic esters (lactones) is 1. The summed E-state index contributed by atoms with van der Waals surface area (Å²) in [4.78, 5) is 14.1. The molecule has 0 spiro atoms. The maximum absolute atomic E-state index is 12.3. The minimum atomic E-state index is -0.298. The number of aromatic nitrogens is 2. The third kappa shape index (κ3) is 6.15. The highest BCUT2D eigenvalue weighted by Gasteiger charge is 2.31. The molecule has 2 aromatic carbocycles. The van der Waals surface area contributed by atoms with Crippen LogP contribution in [-0.4, -0.2) is 33.8 Å². The van der Waals surface area contributed by atoms with E-state index in [0.717, 1.165) is 16.5 Å². The van der Waals surface area contributed by atoms with Crippen molar-refractivity contribution in [2.24, 2.45) is 0 Å². The lowest BCUT2D eigenvalue weighted by atomic mass is 10.1. The maximum Gasteiger partial charge on any atom is 0.410 e. The van der Waals surface area contributed by atoms with Crippen molar-refractivity contribution in [3.05, 3.63) is 82.5 Å². The van der Waals surface area contributed by atoms with Crippen LogP contribution in [0.3, 0.4) is 0 Å². The van der Waals surface area contributed by atoms with Gasteiger partial charge in [0, 0.05) is 24.4 Å². The molecule has 6 nitrogen and oxygen atoms in total. The summed E-state index contributed by atoms with van der Waals surface area (Å²) in [5.74, 6) is 1.03. The van der Waals surface area contributed by atoms with E-state index < -0.39 is 0 Å². The molecule has 0 radical (unpaired) electrons. The Kier molecular flexibility index (Phi) is 7.41.